The van der Waals surface area contributed by atoms with Crippen LogP contribution in [0.25, 0.3) is 0 Å². The summed E-state index contributed by atoms with van der Waals surface area (Å²) < 4.78 is 5.53. The van der Waals surface area contributed by atoms with Gasteiger partial charge in [-0.3, -0.25) is 0 Å². The van der Waals surface area contributed by atoms with E-state index in [2.05, 4.69) is 15.3 Å². The smallest absolute Gasteiger partial charge is 0.185 e. The van der Waals surface area contributed by atoms with Crippen molar-refractivity contribution in [3.63, 3.8) is 0 Å². The van der Waals surface area contributed by atoms with Gasteiger partial charge in [0.2, 0.25) is 0 Å². The van der Waals surface area contributed by atoms with Crippen LogP contribution in [0.4, 0.5) is 5.13 Å². The van der Waals surface area contributed by atoms with Gasteiger partial charge in [-0.05, 0) is 19.8 Å². The van der Waals surface area contributed by atoms with E-state index >= 15 is 0 Å². The molecule has 0 saturated carbocycles. The molecule has 0 bridgehead atoms. The first kappa shape index (κ1) is 11.8. The minimum Gasteiger partial charge on any atom is -0.394 e. The number of thiazole rings is 1. The molecule has 90 valence electrons. The lowest BCUT2D eigenvalue weighted by Gasteiger charge is -2.31. The number of aryl methyl sites for hydroxylation is 1. The van der Waals surface area contributed by atoms with Crippen molar-refractivity contribution in [1.29, 1.82) is 0 Å². The number of ether oxygens (including phenoxy) is 1. The Kier molecular flexibility index (Phi) is 4.15. The van der Waals surface area contributed by atoms with Gasteiger partial charge in [-0.15, -0.1) is 11.3 Å². The van der Waals surface area contributed by atoms with Gasteiger partial charge in [0.1, 0.15) is 0 Å². The van der Waals surface area contributed by atoms with E-state index in [1.807, 2.05) is 6.92 Å². The Balaban J connectivity index is 1.81. The van der Waals surface area contributed by atoms with Crippen LogP contribution < -0.4 is 4.90 Å². The maximum absolute atomic E-state index is 8.69. The van der Waals surface area contributed by atoms with Crippen molar-refractivity contribution in [2.75, 3.05) is 31.2 Å². The highest BCUT2D eigenvalue weighted by Gasteiger charge is 2.21. The summed E-state index contributed by atoms with van der Waals surface area (Å²) in [7, 11) is 0. The predicted molar refractivity (Wildman–Crippen MR) is 65.1 cm³/mol. The summed E-state index contributed by atoms with van der Waals surface area (Å²) in [4.78, 5) is 6.80. The largest absolute Gasteiger partial charge is 0.394 e. The molecule has 1 fully saturated rings. The third-order valence-electron chi connectivity index (χ3n) is 2.76. The average Bonchev–Trinajstić information content (AvgIpc) is 2.74. The van der Waals surface area contributed by atoms with Crippen molar-refractivity contribution in [2.24, 2.45) is 0 Å². The molecular weight excluding hydrogens is 224 g/mol. The maximum atomic E-state index is 8.69. The Labute approximate surface area is 99.9 Å². The molecule has 1 saturated heterocycles. The van der Waals surface area contributed by atoms with Crippen molar-refractivity contribution in [2.45, 2.75) is 25.9 Å². The average molecular weight is 242 g/mol. The summed E-state index contributed by atoms with van der Waals surface area (Å²) in [6.07, 6.45) is 2.36. The quantitative estimate of drug-likeness (QED) is 0.867. The molecule has 0 amide bonds. The number of hydrogen-bond donors (Lipinski definition) is 1. The minimum absolute atomic E-state index is 0.117. The van der Waals surface area contributed by atoms with Crippen molar-refractivity contribution >= 4 is 16.5 Å². The van der Waals surface area contributed by atoms with Crippen LogP contribution in [0.15, 0.2) is 5.38 Å². The molecule has 0 aromatic carbocycles. The Morgan fingerprint density at radius 1 is 1.56 bits per heavy atom. The molecule has 2 heterocycles. The molecule has 0 atom stereocenters. The van der Waals surface area contributed by atoms with E-state index in [-0.39, 0.29) is 6.61 Å². The van der Waals surface area contributed by atoms with Crippen LogP contribution >= 0.6 is 11.3 Å². The number of anilines is 1. The van der Waals surface area contributed by atoms with Gasteiger partial charge in [0, 0.05) is 18.5 Å². The van der Waals surface area contributed by atoms with Gasteiger partial charge < -0.3 is 14.7 Å². The van der Waals surface area contributed by atoms with Gasteiger partial charge in [0.15, 0.2) is 5.13 Å². The van der Waals surface area contributed by atoms with E-state index in [1.54, 1.807) is 11.3 Å². The summed E-state index contributed by atoms with van der Waals surface area (Å²) in [5.74, 6) is 0. The molecule has 0 spiro atoms. The second kappa shape index (κ2) is 5.61. The molecule has 4 nitrogen and oxygen atoms in total. The minimum atomic E-state index is 0.117. The fourth-order valence-corrected chi connectivity index (χ4v) is 2.78. The van der Waals surface area contributed by atoms with E-state index in [4.69, 9.17) is 9.84 Å². The monoisotopic (exact) mass is 242 g/mol. The summed E-state index contributed by atoms with van der Waals surface area (Å²) in [6, 6.07) is 0. The number of rotatable bonds is 4. The normalized spacial score (nSPS) is 18.0. The molecule has 5 heteroatoms. The standard InChI is InChI=1S/C11H18N2O2S/c1-9-8-16-11(12-9)13-4-2-10(3-5-13)15-7-6-14/h8,10,14H,2-7H2,1H3. The van der Waals surface area contributed by atoms with Crippen LogP contribution in [0.1, 0.15) is 18.5 Å². The van der Waals surface area contributed by atoms with Gasteiger partial charge in [0.25, 0.3) is 0 Å². The zero-order chi connectivity index (χ0) is 11.4. The Bertz CT molecular complexity index is 322. The topological polar surface area (TPSA) is 45.6 Å². The third-order valence-corrected chi connectivity index (χ3v) is 3.78. The van der Waals surface area contributed by atoms with Crippen LogP contribution in [-0.4, -0.2) is 42.5 Å². The summed E-state index contributed by atoms with van der Waals surface area (Å²) in [6.45, 7) is 4.61. The molecule has 1 aromatic rings. The number of hydrogen-bond acceptors (Lipinski definition) is 5. The highest BCUT2D eigenvalue weighted by molar-refractivity contribution is 7.13. The van der Waals surface area contributed by atoms with Crippen molar-refractivity contribution in [1.82, 2.24) is 4.98 Å². The first-order valence-electron chi connectivity index (χ1n) is 5.69. The SMILES string of the molecule is Cc1csc(N2CCC(OCCO)CC2)n1. The number of nitrogens with zero attached hydrogens (tertiary/aromatic N) is 2. The lowest BCUT2D eigenvalue weighted by Crippen LogP contribution is -2.37. The van der Waals surface area contributed by atoms with Gasteiger partial charge in [-0.2, -0.15) is 0 Å². The highest BCUT2D eigenvalue weighted by Crippen LogP contribution is 2.24. The van der Waals surface area contributed by atoms with Crippen molar-refractivity contribution < 1.29 is 9.84 Å². The van der Waals surface area contributed by atoms with E-state index in [0.29, 0.717) is 12.7 Å². The molecule has 0 radical (unpaired) electrons. The fraction of sp³-hybridized carbons (Fsp3) is 0.727. The van der Waals surface area contributed by atoms with Gasteiger partial charge in [-0.1, -0.05) is 0 Å². The summed E-state index contributed by atoms with van der Waals surface area (Å²) >= 11 is 1.71. The van der Waals surface area contributed by atoms with Gasteiger partial charge in [-0.25, -0.2) is 4.98 Å². The second-order valence-electron chi connectivity index (χ2n) is 4.05. The molecular formula is C11H18N2O2S. The first-order chi connectivity index (χ1) is 7.79. The van der Waals surface area contributed by atoms with Crippen LogP contribution in [-0.2, 0) is 4.74 Å². The summed E-state index contributed by atoms with van der Waals surface area (Å²) in [5, 5.41) is 11.9. The third kappa shape index (κ3) is 2.93. The molecule has 1 aliphatic heterocycles. The van der Waals surface area contributed by atoms with E-state index < -0.39 is 0 Å². The predicted octanol–water partition coefficient (Wildman–Crippen LogP) is 1.43. The van der Waals surface area contributed by atoms with Crippen LogP contribution in [0.5, 0.6) is 0 Å². The van der Waals surface area contributed by atoms with E-state index in [9.17, 15) is 0 Å². The zero-order valence-electron chi connectivity index (χ0n) is 9.56. The van der Waals surface area contributed by atoms with E-state index in [1.165, 1.54) is 0 Å². The Hall–Kier alpha value is -0.650. The number of piperidine rings is 1. The zero-order valence-corrected chi connectivity index (χ0v) is 10.4. The van der Waals surface area contributed by atoms with Crippen LogP contribution in [0, 0.1) is 6.92 Å². The molecule has 0 aliphatic carbocycles. The van der Waals surface area contributed by atoms with Crippen molar-refractivity contribution in [3.05, 3.63) is 11.1 Å². The Morgan fingerprint density at radius 3 is 2.88 bits per heavy atom. The van der Waals surface area contributed by atoms with Crippen molar-refractivity contribution in [3.8, 4) is 0 Å². The van der Waals surface area contributed by atoms with Crippen LogP contribution in [0.3, 0.4) is 0 Å². The number of aromatic nitrogens is 1. The van der Waals surface area contributed by atoms with Crippen LogP contribution in [0.2, 0.25) is 0 Å². The number of aliphatic hydroxyl groups is 1. The molecule has 0 unspecified atom stereocenters. The molecule has 1 aliphatic rings. The first-order valence-corrected chi connectivity index (χ1v) is 6.57. The molecule has 1 N–H and O–H groups in total. The molecule has 16 heavy (non-hydrogen) atoms. The molecule has 2 rings (SSSR count). The fourth-order valence-electron chi connectivity index (χ4n) is 1.92. The lowest BCUT2D eigenvalue weighted by atomic mass is 10.1. The maximum Gasteiger partial charge on any atom is 0.185 e. The lowest BCUT2D eigenvalue weighted by molar-refractivity contribution is 0.0159. The van der Waals surface area contributed by atoms with Gasteiger partial charge in [0.05, 0.1) is 25.0 Å². The second-order valence-corrected chi connectivity index (χ2v) is 4.89. The highest BCUT2D eigenvalue weighted by atomic mass is 32.1. The number of aliphatic hydroxyl groups excluding tert-OH is 1. The van der Waals surface area contributed by atoms with Gasteiger partial charge >= 0.3 is 0 Å². The molecule has 1 aromatic heterocycles. The Morgan fingerprint density at radius 2 is 2.31 bits per heavy atom. The van der Waals surface area contributed by atoms with E-state index in [0.717, 1.165) is 36.8 Å². The summed E-state index contributed by atoms with van der Waals surface area (Å²) in [5.41, 5.74) is 1.10.